The summed E-state index contributed by atoms with van der Waals surface area (Å²) in [6.07, 6.45) is 2.26. The van der Waals surface area contributed by atoms with Crippen molar-refractivity contribution in [1.82, 2.24) is 4.57 Å². The summed E-state index contributed by atoms with van der Waals surface area (Å²) >= 11 is 0. The van der Waals surface area contributed by atoms with Crippen LogP contribution in [0.4, 0.5) is 17.1 Å². The van der Waals surface area contributed by atoms with Gasteiger partial charge in [0.1, 0.15) is 22.4 Å². The van der Waals surface area contributed by atoms with Crippen molar-refractivity contribution in [3.8, 4) is 16.8 Å². The highest BCUT2D eigenvalue weighted by atomic mass is 16.3. The monoisotopic (exact) mass is 588 g/mol. The zero-order chi connectivity index (χ0) is 29.9. The molecule has 0 saturated heterocycles. The quantitative estimate of drug-likeness (QED) is 0.192. The smallest absolute Gasteiger partial charge is 0.295 e. The predicted octanol–water partition coefficient (Wildman–Crippen LogP) is 10.4. The number of hydrogen-bond acceptors (Lipinski definition) is 2. The van der Waals surface area contributed by atoms with Crippen molar-refractivity contribution in [2.45, 2.75) is 6.04 Å². The van der Waals surface area contributed by atoms with Gasteiger partial charge in [-0.15, -0.1) is 0 Å². The lowest BCUT2D eigenvalue weighted by Crippen LogP contribution is -2.44. The third kappa shape index (κ3) is 3.01. The van der Waals surface area contributed by atoms with E-state index >= 15 is 0 Å². The molecule has 0 spiro atoms. The summed E-state index contributed by atoms with van der Waals surface area (Å²) < 4.78 is 11.4. The minimum absolute atomic E-state index is 0.0807. The largest absolute Gasteiger partial charge is 0.456 e. The van der Waals surface area contributed by atoms with Gasteiger partial charge >= 0.3 is 0 Å². The lowest BCUT2D eigenvalue weighted by molar-refractivity contribution is -0.682. The Labute approximate surface area is 264 Å². The van der Waals surface area contributed by atoms with Gasteiger partial charge in [-0.2, -0.15) is 4.57 Å². The molecular weight excluding hydrogens is 562 g/mol. The Morgan fingerprint density at radius 1 is 0.587 bits per heavy atom. The molecule has 214 valence electrons. The molecule has 0 radical (unpaired) electrons. The Bertz CT molecular complexity index is 2720. The fraction of sp³-hybridized carbons (Fsp3) is 0.0238. The van der Waals surface area contributed by atoms with Crippen LogP contribution in [0.15, 0.2) is 156 Å². The fourth-order valence-electron chi connectivity index (χ4n) is 8.23. The molecule has 1 unspecified atom stereocenters. The second kappa shape index (κ2) is 8.74. The van der Waals surface area contributed by atoms with Crippen molar-refractivity contribution < 1.29 is 8.98 Å². The van der Waals surface area contributed by atoms with Gasteiger partial charge in [0.25, 0.3) is 5.65 Å². The zero-order valence-corrected chi connectivity index (χ0v) is 24.8. The number of furan rings is 1. The third-order valence-electron chi connectivity index (χ3n) is 10.0. The maximum absolute atomic E-state index is 6.40. The minimum atomic E-state index is 0.0807. The molecule has 1 aliphatic carbocycles. The average molecular weight is 589 g/mol. The van der Waals surface area contributed by atoms with E-state index in [-0.39, 0.29) is 6.04 Å². The second-order valence-corrected chi connectivity index (χ2v) is 12.3. The van der Waals surface area contributed by atoms with Crippen molar-refractivity contribution in [3.05, 3.63) is 163 Å². The SMILES string of the molecule is c1ccc(N(c2ccc3c(c2)oc2ccccc23)c2ccc3c4c2-c2ccccc2C4[n+]2cccc4c5ccccc5n-3c42)cc1. The van der Waals surface area contributed by atoms with E-state index in [4.69, 9.17) is 4.42 Å². The van der Waals surface area contributed by atoms with Crippen LogP contribution in [0.25, 0.3) is 60.7 Å². The van der Waals surface area contributed by atoms with E-state index in [1.165, 1.54) is 49.9 Å². The van der Waals surface area contributed by atoms with Gasteiger partial charge in [-0.3, -0.25) is 0 Å². The normalized spacial score (nSPS) is 14.3. The highest BCUT2D eigenvalue weighted by molar-refractivity contribution is 6.09. The molecule has 4 heterocycles. The number of pyridine rings is 1. The highest BCUT2D eigenvalue weighted by Gasteiger charge is 2.45. The van der Waals surface area contributed by atoms with Gasteiger partial charge in [0.2, 0.25) is 0 Å². The second-order valence-electron chi connectivity index (χ2n) is 12.3. The van der Waals surface area contributed by atoms with Crippen molar-refractivity contribution in [2.75, 3.05) is 4.90 Å². The summed E-state index contributed by atoms with van der Waals surface area (Å²) in [6, 6.07) is 52.6. The lowest BCUT2D eigenvalue weighted by Gasteiger charge is -2.29. The number of fused-ring (bicyclic) bond motifs is 11. The van der Waals surface area contributed by atoms with Crippen LogP contribution in [-0.4, -0.2) is 4.57 Å². The maximum Gasteiger partial charge on any atom is 0.295 e. The third-order valence-corrected chi connectivity index (χ3v) is 10.0. The maximum atomic E-state index is 6.40. The van der Waals surface area contributed by atoms with Gasteiger partial charge in [-0.25, -0.2) is 4.57 Å². The van der Waals surface area contributed by atoms with Crippen LogP contribution in [0, 0.1) is 0 Å². The summed E-state index contributed by atoms with van der Waals surface area (Å²) in [7, 11) is 0. The van der Waals surface area contributed by atoms with Crippen molar-refractivity contribution >= 4 is 60.9 Å². The van der Waals surface area contributed by atoms with Gasteiger partial charge in [0, 0.05) is 44.7 Å². The Balaban J connectivity index is 1.24. The molecule has 0 bridgehead atoms. The predicted molar refractivity (Wildman–Crippen MR) is 186 cm³/mol. The highest BCUT2D eigenvalue weighted by Crippen LogP contribution is 2.55. The molecule has 3 aromatic heterocycles. The van der Waals surface area contributed by atoms with E-state index in [1.54, 1.807) is 0 Å². The molecule has 11 rings (SSSR count). The van der Waals surface area contributed by atoms with Crippen LogP contribution in [0.1, 0.15) is 17.2 Å². The Kier molecular flexibility index (Phi) is 4.60. The van der Waals surface area contributed by atoms with Gasteiger partial charge in [-0.1, -0.05) is 72.8 Å². The van der Waals surface area contributed by atoms with Crippen LogP contribution in [-0.2, 0) is 0 Å². The number of anilines is 3. The summed E-state index contributed by atoms with van der Waals surface area (Å²) in [5.74, 6) is 0. The lowest BCUT2D eigenvalue weighted by atomic mass is 9.97. The fourth-order valence-corrected chi connectivity index (χ4v) is 8.23. The first kappa shape index (κ1) is 24.2. The Morgan fingerprint density at radius 2 is 1.35 bits per heavy atom. The molecule has 6 aromatic carbocycles. The molecule has 0 fully saturated rings. The molecule has 4 heteroatoms. The number of para-hydroxylation sites is 3. The topological polar surface area (TPSA) is 25.2 Å². The van der Waals surface area contributed by atoms with E-state index in [9.17, 15) is 0 Å². The average Bonchev–Trinajstić information content (AvgIpc) is 3.77. The number of rotatable bonds is 3. The summed E-state index contributed by atoms with van der Waals surface area (Å²) in [6.45, 7) is 0. The first-order valence-electron chi connectivity index (χ1n) is 15.8. The Hall–Kier alpha value is -6.13. The first-order chi connectivity index (χ1) is 22.8. The Morgan fingerprint density at radius 3 is 2.28 bits per heavy atom. The van der Waals surface area contributed by atoms with Crippen LogP contribution in [0.2, 0.25) is 0 Å². The number of aromatic nitrogens is 2. The molecule has 1 aliphatic heterocycles. The van der Waals surface area contributed by atoms with Gasteiger partial charge in [0.05, 0.1) is 22.8 Å². The van der Waals surface area contributed by atoms with Crippen LogP contribution >= 0.6 is 0 Å². The number of nitrogens with zero attached hydrogens (tertiary/aromatic N) is 3. The molecule has 1 atom stereocenters. The van der Waals surface area contributed by atoms with Crippen molar-refractivity contribution in [3.63, 3.8) is 0 Å². The molecule has 0 amide bonds. The molecular formula is C42H26N3O+. The molecule has 9 aromatic rings. The van der Waals surface area contributed by atoms with Gasteiger partial charge in [-0.05, 0) is 72.3 Å². The van der Waals surface area contributed by atoms with Crippen LogP contribution < -0.4 is 9.47 Å². The molecule has 0 N–H and O–H groups in total. The summed E-state index contributed by atoms with van der Waals surface area (Å²) in [5, 5.41) is 4.83. The van der Waals surface area contributed by atoms with E-state index in [0.29, 0.717) is 0 Å². The van der Waals surface area contributed by atoms with Crippen molar-refractivity contribution in [1.29, 1.82) is 0 Å². The summed E-state index contributed by atoms with van der Waals surface area (Å²) in [4.78, 5) is 2.40. The number of benzene rings is 6. The van der Waals surface area contributed by atoms with E-state index < -0.39 is 0 Å². The molecule has 2 aliphatic rings. The van der Waals surface area contributed by atoms with E-state index in [0.717, 1.165) is 39.0 Å². The summed E-state index contributed by atoms with van der Waals surface area (Å²) in [5.41, 5.74) is 14.1. The molecule has 0 saturated carbocycles. The van der Waals surface area contributed by atoms with Gasteiger partial charge in [0.15, 0.2) is 6.04 Å². The van der Waals surface area contributed by atoms with E-state index in [2.05, 4.69) is 154 Å². The first-order valence-corrected chi connectivity index (χ1v) is 15.8. The van der Waals surface area contributed by atoms with E-state index in [1.807, 2.05) is 12.1 Å². The van der Waals surface area contributed by atoms with Crippen molar-refractivity contribution in [2.24, 2.45) is 0 Å². The van der Waals surface area contributed by atoms with Crippen LogP contribution in [0.5, 0.6) is 0 Å². The minimum Gasteiger partial charge on any atom is -0.456 e. The standard InChI is InChI=1S/C42H26N3O/c1-2-11-26(12-3-1)44(27-20-21-30-29-14-7-9-19-37(29)46-38(30)25-27)35-22-23-36-40-39(35)31-15-4-5-16-32(31)41(40)43-24-10-17-33-28-13-6-8-18-34(28)45(36)42(33)43/h1-25,41H/q+1. The van der Waals surface area contributed by atoms with Crippen LogP contribution in [0.3, 0.4) is 0 Å². The number of hydrogen-bond donors (Lipinski definition) is 0. The van der Waals surface area contributed by atoms with Gasteiger partial charge < -0.3 is 9.32 Å². The molecule has 4 nitrogen and oxygen atoms in total. The molecule has 46 heavy (non-hydrogen) atoms. The zero-order valence-electron chi connectivity index (χ0n) is 24.8.